The van der Waals surface area contributed by atoms with Crippen LogP contribution in [0.5, 0.6) is 5.75 Å². The number of carbonyl (C=O) groups is 1. The highest BCUT2D eigenvalue weighted by Gasteiger charge is 2.53. The molecule has 1 atom stereocenters. The van der Waals surface area contributed by atoms with E-state index in [4.69, 9.17) is 10.5 Å². The van der Waals surface area contributed by atoms with Crippen molar-refractivity contribution in [2.75, 3.05) is 14.2 Å². The van der Waals surface area contributed by atoms with Gasteiger partial charge in [-0.2, -0.15) is 0 Å². The molecule has 0 aromatic heterocycles. The van der Waals surface area contributed by atoms with Crippen LogP contribution in [-0.4, -0.2) is 30.9 Å². The molecule has 2 aromatic carbocycles. The Balaban J connectivity index is 2.04. The van der Waals surface area contributed by atoms with E-state index in [1.807, 2.05) is 24.3 Å². The van der Waals surface area contributed by atoms with Gasteiger partial charge in [-0.15, -0.1) is 0 Å². The highest BCUT2D eigenvalue weighted by atomic mass is 19.1. The van der Waals surface area contributed by atoms with Gasteiger partial charge in [-0.05, 0) is 56.5 Å². The molecular formula is C22H26FN3O2. The van der Waals surface area contributed by atoms with Gasteiger partial charge in [0.2, 0.25) is 5.91 Å². The van der Waals surface area contributed by atoms with Gasteiger partial charge in [-0.1, -0.05) is 24.3 Å². The number of hydrogen-bond donors (Lipinski definition) is 1. The number of aliphatic imine (C=N–C) groups is 1. The Morgan fingerprint density at radius 3 is 2.32 bits per heavy atom. The van der Waals surface area contributed by atoms with Gasteiger partial charge in [0, 0.05) is 12.6 Å². The van der Waals surface area contributed by atoms with Crippen LogP contribution in [0.3, 0.4) is 0 Å². The normalized spacial score (nSPS) is 21.4. The fourth-order valence-electron chi connectivity index (χ4n) is 3.61. The molecule has 1 heterocycles. The van der Waals surface area contributed by atoms with Crippen LogP contribution in [0.1, 0.15) is 37.5 Å². The van der Waals surface area contributed by atoms with Crippen molar-refractivity contribution < 1.29 is 13.9 Å². The summed E-state index contributed by atoms with van der Waals surface area (Å²) in [5, 5.41) is 0. The zero-order valence-corrected chi connectivity index (χ0v) is 16.9. The Morgan fingerprint density at radius 2 is 1.71 bits per heavy atom. The summed E-state index contributed by atoms with van der Waals surface area (Å²) in [6, 6.07) is 12.7. The zero-order chi connectivity index (χ0) is 20.7. The Bertz CT molecular complexity index is 937. The van der Waals surface area contributed by atoms with Crippen molar-refractivity contribution in [2.45, 2.75) is 32.7 Å². The molecule has 2 N–H and O–H groups in total. The predicted molar refractivity (Wildman–Crippen MR) is 108 cm³/mol. The molecule has 0 fully saturated rings. The first-order valence-electron chi connectivity index (χ1n) is 9.15. The van der Waals surface area contributed by atoms with Crippen LogP contribution in [0.25, 0.3) is 0 Å². The maximum absolute atomic E-state index is 14.9. The lowest BCUT2D eigenvalue weighted by molar-refractivity contribution is -0.140. The number of ether oxygens (including phenoxy) is 1. The van der Waals surface area contributed by atoms with Crippen molar-refractivity contribution in [1.29, 1.82) is 0 Å². The minimum absolute atomic E-state index is 0.0896. The van der Waals surface area contributed by atoms with Crippen molar-refractivity contribution >= 4 is 11.9 Å². The van der Waals surface area contributed by atoms with Crippen molar-refractivity contribution in [3.05, 3.63) is 65.0 Å². The summed E-state index contributed by atoms with van der Waals surface area (Å²) >= 11 is 0. The van der Waals surface area contributed by atoms with E-state index in [1.54, 1.807) is 47.1 Å². The lowest BCUT2D eigenvalue weighted by atomic mass is 9.67. The predicted octanol–water partition coefficient (Wildman–Crippen LogP) is 3.45. The maximum Gasteiger partial charge on any atom is 0.237 e. The van der Waals surface area contributed by atoms with Crippen molar-refractivity contribution in [1.82, 2.24) is 4.90 Å². The Morgan fingerprint density at radius 1 is 1.11 bits per heavy atom. The van der Waals surface area contributed by atoms with Gasteiger partial charge in [0.25, 0.3) is 0 Å². The molecule has 1 aliphatic rings. The molecule has 5 nitrogen and oxygen atoms in total. The molecule has 28 heavy (non-hydrogen) atoms. The van der Waals surface area contributed by atoms with Gasteiger partial charge in [0.1, 0.15) is 17.1 Å². The van der Waals surface area contributed by atoms with Crippen molar-refractivity contribution in [2.24, 2.45) is 16.1 Å². The number of hydrogen-bond acceptors (Lipinski definition) is 4. The highest BCUT2D eigenvalue weighted by molar-refractivity contribution is 6.01. The van der Waals surface area contributed by atoms with Gasteiger partial charge >= 0.3 is 0 Å². The van der Waals surface area contributed by atoms with E-state index in [-0.39, 0.29) is 11.9 Å². The van der Waals surface area contributed by atoms with Gasteiger partial charge in [0.15, 0.2) is 5.96 Å². The lowest BCUT2D eigenvalue weighted by Gasteiger charge is -2.46. The lowest BCUT2D eigenvalue weighted by Crippen LogP contribution is -2.58. The first-order chi connectivity index (χ1) is 13.1. The molecule has 148 valence electrons. The molecule has 0 unspecified atom stereocenters. The SMILES string of the molecule is COc1ccc(Cc2ccc(F)c([C@@]3(C)N=C(N)N(C)C(=O)C3(C)C)c2)cc1. The molecular weight excluding hydrogens is 357 g/mol. The van der Waals surface area contributed by atoms with Crippen LogP contribution in [0, 0.1) is 11.2 Å². The monoisotopic (exact) mass is 383 g/mol. The van der Waals surface area contributed by atoms with Crippen LogP contribution in [0.4, 0.5) is 4.39 Å². The molecule has 6 heteroatoms. The van der Waals surface area contributed by atoms with Crippen LogP contribution in [0.2, 0.25) is 0 Å². The fourth-order valence-corrected chi connectivity index (χ4v) is 3.61. The quantitative estimate of drug-likeness (QED) is 0.879. The van der Waals surface area contributed by atoms with Gasteiger partial charge in [-0.25, -0.2) is 9.38 Å². The van der Waals surface area contributed by atoms with E-state index >= 15 is 0 Å². The standard InChI is InChI=1S/C22H26FN3O2/c1-21(2)19(27)26(4)20(24)25-22(21,3)17-13-15(8-11-18(17)23)12-14-6-9-16(28-5)10-7-14/h6-11,13H,12H2,1-5H3,(H2,24,25)/t22-/m1/s1. The number of methoxy groups -OCH3 is 1. The van der Waals surface area contributed by atoms with Gasteiger partial charge in [-0.3, -0.25) is 9.69 Å². The van der Waals surface area contributed by atoms with E-state index in [1.165, 1.54) is 11.0 Å². The van der Waals surface area contributed by atoms with E-state index < -0.39 is 16.8 Å². The topological polar surface area (TPSA) is 67.9 Å². The summed E-state index contributed by atoms with van der Waals surface area (Å²) in [7, 11) is 3.21. The number of nitrogens with zero attached hydrogens (tertiary/aromatic N) is 2. The molecule has 2 aromatic rings. The molecule has 1 aliphatic heterocycles. The second-order valence-electron chi connectivity index (χ2n) is 7.87. The third-order valence-corrected chi connectivity index (χ3v) is 5.86. The largest absolute Gasteiger partial charge is 0.497 e. The highest BCUT2D eigenvalue weighted by Crippen LogP contribution is 2.47. The smallest absolute Gasteiger partial charge is 0.237 e. The Hall–Kier alpha value is -2.89. The first kappa shape index (κ1) is 19.9. The minimum Gasteiger partial charge on any atom is -0.497 e. The third-order valence-electron chi connectivity index (χ3n) is 5.86. The molecule has 0 saturated heterocycles. The minimum atomic E-state index is -1.11. The van der Waals surface area contributed by atoms with Crippen molar-refractivity contribution in [3.63, 3.8) is 0 Å². The van der Waals surface area contributed by atoms with E-state index in [9.17, 15) is 9.18 Å². The molecule has 0 aliphatic carbocycles. The maximum atomic E-state index is 14.9. The summed E-state index contributed by atoms with van der Waals surface area (Å²) in [5.41, 5.74) is 6.27. The van der Waals surface area contributed by atoms with Crippen molar-refractivity contribution in [3.8, 4) is 5.75 Å². The summed E-state index contributed by atoms with van der Waals surface area (Å²) in [5.74, 6) is 0.282. The van der Waals surface area contributed by atoms with Gasteiger partial charge < -0.3 is 10.5 Å². The summed E-state index contributed by atoms with van der Waals surface area (Å²) in [6.45, 7) is 5.31. The zero-order valence-electron chi connectivity index (χ0n) is 16.9. The molecule has 3 rings (SSSR count). The average Bonchev–Trinajstić information content (AvgIpc) is 2.67. The number of guanidine groups is 1. The number of benzene rings is 2. The number of halogens is 1. The fraction of sp³-hybridized carbons (Fsp3) is 0.364. The number of amides is 1. The van der Waals surface area contributed by atoms with E-state index in [0.29, 0.717) is 12.0 Å². The van der Waals surface area contributed by atoms with Crippen LogP contribution in [0.15, 0.2) is 47.5 Å². The molecule has 0 spiro atoms. The molecule has 0 bridgehead atoms. The second kappa shape index (κ2) is 6.93. The number of carbonyl (C=O) groups excluding carboxylic acids is 1. The Labute approximate surface area is 165 Å². The number of nitrogens with two attached hydrogens (primary N) is 1. The summed E-state index contributed by atoms with van der Waals surface area (Å²) < 4.78 is 20.1. The molecule has 0 radical (unpaired) electrons. The molecule has 0 saturated carbocycles. The van der Waals surface area contributed by atoms with E-state index in [2.05, 4.69) is 4.99 Å². The summed E-state index contributed by atoms with van der Waals surface area (Å²) in [6.07, 6.45) is 0.626. The summed E-state index contributed by atoms with van der Waals surface area (Å²) in [4.78, 5) is 18.7. The average molecular weight is 383 g/mol. The molecule has 1 amide bonds. The Kier molecular flexibility index (Phi) is 4.91. The number of rotatable bonds is 4. The van der Waals surface area contributed by atoms with Crippen LogP contribution >= 0.6 is 0 Å². The van der Waals surface area contributed by atoms with Crippen LogP contribution in [-0.2, 0) is 16.8 Å². The first-order valence-corrected chi connectivity index (χ1v) is 9.15. The van der Waals surface area contributed by atoms with E-state index in [0.717, 1.165) is 16.9 Å². The van der Waals surface area contributed by atoms with Gasteiger partial charge in [0.05, 0.1) is 12.5 Å². The third kappa shape index (κ3) is 3.13. The van der Waals surface area contributed by atoms with Crippen LogP contribution < -0.4 is 10.5 Å². The second-order valence-corrected chi connectivity index (χ2v) is 7.87.